The lowest BCUT2D eigenvalue weighted by Crippen LogP contribution is -2.44. The molecule has 0 amide bonds. The van der Waals surface area contributed by atoms with Crippen LogP contribution in [0.4, 0.5) is 0 Å². The Morgan fingerprint density at radius 3 is 2.55 bits per heavy atom. The van der Waals surface area contributed by atoms with Crippen LogP contribution in [0.25, 0.3) is 0 Å². The van der Waals surface area contributed by atoms with Crippen LogP contribution < -0.4 is 9.47 Å². The van der Waals surface area contributed by atoms with Gasteiger partial charge in [0.05, 0.1) is 23.8 Å². The first-order valence-electron chi connectivity index (χ1n) is 6.62. The van der Waals surface area contributed by atoms with Gasteiger partial charge in [-0.05, 0) is 32.9 Å². The number of halogens is 1. The average Bonchev–Trinajstić information content (AvgIpc) is 2.44. The second kappa shape index (κ2) is 5.90. The van der Waals surface area contributed by atoms with E-state index in [1.165, 1.54) is 0 Å². The summed E-state index contributed by atoms with van der Waals surface area (Å²) in [5.74, 6) is 1.04. The Hall–Kier alpha value is -1.44. The van der Waals surface area contributed by atoms with Gasteiger partial charge >= 0.3 is 0 Å². The molecule has 1 aliphatic heterocycles. The monoisotopic (exact) mass is 294 g/mol. The van der Waals surface area contributed by atoms with Crippen LogP contribution in [-0.4, -0.2) is 37.7 Å². The lowest BCUT2D eigenvalue weighted by molar-refractivity contribution is 0.0221. The summed E-state index contributed by atoms with van der Waals surface area (Å²) in [6.45, 7) is 4.08. The molecule has 108 valence electrons. The predicted molar refractivity (Wildman–Crippen MR) is 78.5 cm³/mol. The molecule has 4 nitrogen and oxygen atoms in total. The van der Waals surface area contributed by atoms with Crippen molar-refractivity contribution in [3.63, 3.8) is 0 Å². The van der Waals surface area contributed by atoms with Gasteiger partial charge in [0.2, 0.25) is 0 Å². The van der Waals surface area contributed by atoms with E-state index in [2.05, 4.69) is 24.9 Å². The van der Waals surface area contributed by atoms with Crippen molar-refractivity contribution in [3.8, 4) is 17.6 Å². The van der Waals surface area contributed by atoms with Gasteiger partial charge in [-0.25, -0.2) is 0 Å². The third-order valence-corrected chi connectivity index (χ3v) is 4.03. The van der Waals surface area contributed by atoms with Crippen LogP contribution in [0.15, 0.2) is 12.1 Å². The van der Waals surface area contributed by atoms with Gasteiger partial charge in [-0.2, -0.15) is 5.26 Å². The highest BCUT2D eigenvalue weighted by molar-refractivity contribution is 6.32. The summed E-state index contributed by atoms with van der Waals surface area (Å²) in [5, 5.41) is 9.38. The van der Waals surface area contributed by atoms with Gasteiger partial charge < -0.3 is 14.4 Å². The normalized spacial score (nSPS) is 18.4. The Balaban J connectivity index is 2.27. The van der Waals surface area contributed by atoms with E-state index in [0.29, 0.717) is 22.1 Å². The summed E-state index contributed by atoms with van der Waals surface area (Å²) in [6, 6.07) is 5.32. The number of nitrogens with zero attached hydrogens (tertiary/aromatic N) is 2. The molecule has 1 saturated heterocycles. The smallest absolute Gasteiger partial charge is 0.180 e. The Bertz CT molecular complexity index is 531. The van der Waals surface area contributed by atoms with E-state index < -0.39 is 0 Å². The SMILES string of the molecule is COc1cc(C#N)cc(Cl)c1OC1(C)CCN(C)CC1. The Morgan fingerprint density at radius 1 is 1.35 bits per heavy atom. The van der Waals surface area contributed by atoms with Crippen molar-refractivity contribution >= 4 is 11.6 Å². The highest BCUT2D eigenvalue weighted by atomic mass is 35.5. The van der Waals surface area contributed by atoms with Crippen molar-refractivity contribution in [2.24, 2.45) is 0 Å². The van der Waals surface area contributed by atoms with Gasteiger partial charge in [0, 0.05) is 19.2 Å². The molecule has 1 aromatic rings. The molecule has 1 heterocycles. The molecule has 0 aliphatic carbocycles. The lowest BCUT2D eigenvalue weighted by Gasteiger charge is -2.38. The number of hydrogen-bond donors (Lipinski definition) is 0. The minimum absolute atomic E-state index is 0.252. The third-order valence-electron chi connectivity index (χ3n) is 3.75. The van der Waals surface area contributed by atoms with Gasteiger partial charge in [0.25, 0.3) is 0 Å². The van der Waals surface area contributed by atoms with E-state index in [9.17, 15) is 0 Å². The Labute approximate surface area is 124 Å². The van der Waals surface area contributed by atoms with Crippen molar-refractivity contribution < 1.29 is 9.47 Å². The first-order valence-corrected chi connectivity index (χ1v) is 7.00. The maximum atomic E-state index is 8.96. The third kappa shape index (κ3) is 3.17. The summed E-state index contributed by atoms with van der Waals surface area (Å²) in [6.07, 6.45) is 1.87. The van der Waals surface area contributed by atoms with Crippen LogP contribution in [0.2, 0.25) is 5.02 Å². The Morgan fingerprint density at radius 2 is 2.00 bits per heavy atom. The molecule has 0 aromatic heterocycles. The second-order valence-electron chi connectivity index (χ2n) is 5.46. The van der Waals surface area contributed by atoms with Crippen molar-refractivity contribution in [3.05, 3.63) is 22.7 Å². The zero-order valence-electron chi connectivity index (χ0n) is 12.1. The number of benzene rings is 1. The van der Waals surface area contributed by atoms with Gasteiger partial charge in [0.1, 0.15) is 5.60 Å². The summed E-state index contributed by atoms with van der Waals surface area (Å²) in [7, 11) is 3.66. The molecular weight excluding hydrogens is 276 g/mol. The molecule has 2 rings (SSSR count). The maximum Gasteiger partial charge on any atom is 0.180 e. The number of piperidine rings is 1. The van der Waals surface area contributed by atoms with E-state index in [1.54, 1.807) is 19.2 Å². The topological polar surface area (TPSA) is 45.5 Å². The molecule has 0 spiro atoms. The number of rotatable bonds is 3. The fraction of sp³-hybridized carbons (Fsp3) is 0.533. The molecule has 1 fully saturated rings. The van der Waals surface area contributed by atoms with Crippen molar-refractivity contribution in [2.45, 2.75) is 25.4 Å². The molecule has 5 heteroatoms. The molecule has 1 aromatic carbocycles. The van der Waals surface area contributed by atoms with E-state index in [1.807, 2.05) is 0 Å². The summed E-state index contributed by atoms with van der Waals surface area (Å²) < 4.78 is 11.5. The first-order chi connectivity index (χ1) is 9.47. The van der Waals surface area contributed by atoms with Gasteiger partial charge in [-0.1, -0.05) is 11.6 Å². The molecule has 0 saturated carbocycles. The van der Waals surface area contributed by atoms with E-state index in [-0.39, 0.29) is 5.60 Å². The molecule has 0 bridgehead atoms. The molecule has 0 unspecified atom stereocenters. The molecule has 20 heavy (non-hydrogen) atoms. The summed E-state index contributed by atoms with van der Waals surface area (Å²) in [4.78, 5) is 2.28. The fourth-order valence-corrected chi connectivity index (χ4v) is 2.57. The number of likely N-dealkylation sites (tertiary alicyclic amines) is 1. The van der Waals surface area contributed by atoms with Gasteiger partial charge in [-0.15, -0.1) is 0 Å². The number of ether oxygens (including phenoxy) is 2. The van der Waals surface area contributed by atoms with E-state index >= 15 is 0 Å². The lowest BCUT2D eigenvalue weighted by atomic mass is 9.93. The van der Waals surface area contributed by atoms with Crippen molar-refractivity contribution in [1.29, 1.82) is 5.26 Å². The van der Waals surface area contributed by atoms with E-state index in [4.69, 9.17) is 26.3 Å². The van der Waals surface area contributed by atoms with Crippen LogP contribution in [0, 0.1) is 11.3 Å². The summed E-state index contributed by atoms with van der Waals surface area (Å²) >= 11 is 6.24. The maximum absolute atomic E-state index is 8.96. The Kier molecular flexibility index (Phi) is 4.42. The zero-order chi connectivity index (χ0) is 14.8. The second-order valence-corrected chi connectivity index (χ2v) is 5.86. The van der Waals surface area contributed by atoms with Crippen molar-refractivity contribution in [2.75, 3.05) is 27.2 Å². The van der Waals surface area contributed by atoms with Crippen LogP contribution in [0.1, 0.15) is 25.3 Å². The summed E-state index contributed by atoms with van der Waals surface area (Å²) in [5.41, 5.74) is 0.213. The van der Waals surface area contributed by atoms with Crippen LogP contribution >= 0.6 is 11.6 Å². The molecule has 0 radical (unpaired) electrons. The van der Waals surface area contributed by atoms with Gasteiger partial charge in [0.15, 0.2) is 11.5 Å². The van der Waals surface area contributed by atoms with Crippen LogP contribution in [-0.2, 0) is 0 Å². The highest BCUT2D eigenvalue weighted by Gasteiger charge is 2.32. The first kappa shape index (κ1) is 15.0. The molecule has 0 N–H and O–H groups in total. The minimum atomic E-state index is -0.252. The van der Waals surface area contributed by atoms with E-state index in [0.717, 1.165) is 25.9 Å². The van der Waals surface area contributed by atoms with Gasteiger partial charge in [-0.3, -0.25) is 0 Å². The number of nitriles is 1. The van der Waals surface area contributed by atoms with Crippen molar-refractivity contribution in [1.82, 2.24) is 4.90 Å². The highest BCUT2D eigenvalue weighted by Crippen LogP contribution is 2.40. The van der Waals surface area contributed by atoms with Crippen LogP contribution in [0.5, 0.6) is 11.5 Å². The molecule has 0 atom stereocenters. The fourth-order valence-electron chi connectivity index (χ4n) is 2.32. The molecule has 1 aliphatic rings. The minimum Gasteiger partial charge on any atom is -0.493 e. The van der Waals surface area contributed by atoms with Crippen LogP contribution in [0.3, 0.4) is 0 Å². The predicted octanol–water partition coefficient (Wildman–Crippen LogP) is 3.08. The average molecular weight is 295 g/mol. The quantitative estimate of drug-likeness (QED) is 0.859. The standard InChI is InChI=1S/C15H19ClN2O2/c1-15(4-6-18(2)7-5-15)20-14-12(16)8-11(10-17)9-13(14)19-3/h8-9H,4-7H2,1-3H3. The largest absolute Gasteiger partial charge is 0.493 e. The zero-order valence-corrected chi connectivity index (χ0v) is 12.8. The number of hydrogen-bond acceptors (Lipinski definition) is 4. The number of methoxy groups -OCH3 is 1. The molecular formula is C15H19ClN2O2.